The number of hydrogen-bond donors (Lipinski definition) is 1. The predicted molar refractivity (Wildman–Crippen MR) is 103 cm³/mol. The molecule has 0 aromatic rings. The summed E-state index contributed by atoms with van der Waals surface area (Å²) < 4.78 is 8.81. The first kappa shape index (κ1) is 16.7. The van der Waals surface area contributed by atoms with E-state index in [4.69, 9.17) is 63.3 Å². The Bertz CT molecular complexity index is 191. The summed E-state index contributed by atoms with van der Waals surface area (Å²) in [5, 5.41) is 0. The molecule has 0 aliphatic heterocycles. The van der Waals surface area contributed by atoms with Crippen LogP contribution in [0.1, 0.15) is 0 Å². The van der Waals surface area contributed by atoms with Crippen molar-refractivity contribution in [2.24, 2.45) is 0 Å². The number of hydrogen-bond acceptors (Lipinski definition) is 1. The summed E-state index contributed by atoms with van der Waals surface area (Å²) in [7, 11) is 45.2. The van der Waals surface area contributed by atoms with E-state index >= 15 is 0 Å². The lowest BCUT2D eigenvalue weighted by Crippen LogP contribution is -2.77. The quantitative estimate of drug-likeness (QED) is 0.281. The second-order valence-electron chi connectivity index (χ2n) is 4.05. The van der Waals surface area contributed by atoms with E-state index < -0.39 is 44.9 Å². The van der Waals surface area contributed by atoms with Crippen LogP contribution in [0.3, 0.4) is 0 Å². The first-order chi connectivity index (χ1) is 8.11. The molecule has 17 heteroatoms. The van der Waals surface area contributed by atoms with Gasteiger partial charge in [0.15, 0.2) is 0 Å². The van der Waals surface area contributed by atoms with Gasteiger partial charge in [-0.2, -0.15) is 0 Å². The van der Waals surface area contributed by atoms with Crippen LogP contribution in [0.15, 0.2) is 0 Å². The van der Waals surface area contributed by atoms with Gasteiger partial charge in [-0.1, -0.05) is 0 Å². The summed E-state index contributed by atoms with van der Waals surface area (Å²) >= 11 is 1.72. The van der Waals surface area contributed by atoms with E-state index in [-0.39, 0.29) is 0 Å². The van der Waals surface area contributed by atoms with Gasteiger partial charge in [0.05, 0.1) is 0 Å². The molecule has 0 bridgehead atoms. The fraction of sp³-hybridized carbons (Fsp3) is 0. The van der Waals surface area contributed by atoms with Gasteiger partial charge in [-0.05, 0) is 28.2 Å². The fourth-order valence-electron chi connectivity index (χ4n) is 1.81. The third-order valence-electron chi connectivity index (χ3n) is 2.68. The summed E-state index contributed by atoms with van der Waals surface area (Å²) in [6.07, 6.45) is -4.66. The van der Waals surface area contributed by atoms with Crippen molar-refractivity contribution in [3.8, 4) is 0 Å². The van der Waals surface area contributed by atoms with Gasteiger partial charge >= 0.3 is 0 Å². The zero-order valence-electron chi connectivity index (χ0n) is 10.5. The molecule has 0 saturated heterocycles. The Hall–Kier alpha value is 1.66. The Labute approximate surface area is 134 Å². The van der Waals surface area contributed by atoms with Crippen molar-refractivity contribution in [3.63, 3.8) is 0 Å². The Morgan fingerprint density at radius 1 is 0.882 bits per heavy atom. The topological polar surface area (TPSA) is 12.0 Å². The van der Waals surface area contributed by atoms with Crippen molar-refractivity contribution in [1.29, 1.82) is 0 Å². The minimum atomic E-state index is -0.849. The molecule has 18 radical (unpaired) electrons. The molecule has 0 fully saturated rings. The van der Waals surface area contributed by atoms with Crippen LogP contribution in [0.2, 0.25) is 1.41 Å². The molecule has 1 nitrogen and oxygen atoms in total. The first-order valence-corrected chi connectivity index (χ1v) is 6.06. The summed E-state index contributed by atoms with van der Waals surface area (Å²) in [6.45, 7) is -0.661. The molecule has 0 aromatic heterocycles. The highest BCUT2D eigenvalue weighted by Gasteiger charge is 2.36. The molecule has 0 aliphatic carbocycles. The van der Waals surface area contributed by atoms with Crippen LogP contribution in [0.25, 0.3) is 0 Å². The Morgan fingerprint density at radius 2 is 1.24 bits per heavy atom. The van der Waals surface area contributed by atoms with E-state index in [2.05, 4.69) is 0 Å². The molecule has 0 rings (SSSR count). The third kappa shape index (κ3) is 5.66. The van der Waals surface area contributed by atoms with Gasteiger partial charge in [0.2, 0.25) is 0 Å². The van der Waals surface area contributed by atoms with E-state index in [0.717, 1.165) is 3.43 Å². The number of nitrogens with one attached hydrogen (secondary N) is 1. The maximum Gasteiger partial charge on any atom is 0.124 e. The number of halogens is 1. The van der Waals surface area contributed by atoms with Crippen LogP contribution in [0.4, 0.5) is 0 Å². The minimum absolute atomic E-state index is 0.631. The highest BCUT2D eigenvalue weighted by molar-refractivity contribution is 14.1. The van der Waals surface area contributed by atoms with E-state index in [1.54, 1.807) is 22.9 Å². The maximum atomic E-state index is 7.74. The zero-order chi connectivity index (χ0) is 14.6. The Balaban J connectivity index is 5.37. The van der Waals surface area contributed by atoms with Crippen molar-refractivity contribution >= 4 is 130 Å². The Morgan fingerprint density at radius 3 is 1.41 bits per heavy atom. The normalized spacial score (nSPS) is 10.5. The van der Waals surface area contributed by atoms with E-state index in [9.17, 15) is 0 Å². The molecule has 0 heterocycles. The Kier molecular flexibility index (Phi) is 8.61. The van der Waals surface area contributed by atoms with Crippen molar-refractivity contribution in [1.82, 2.24) is 3.43 Å². The SMILES string of the molecule is [3H]N(I)B(B(B([B])[B])B([B])[B])B(B([B])[B])B([B-])[B-]. The molecular weight excluding hydrogens is 303 g/mol. The lowest BCUT2D eigenvalue weighted by molar-refractivity contribution is 1.79. The van der Waals surface area contributed by atoms with E-state index in [0.29, 0.717) is 0 Å². The zero-order valence-corrected chi connectivity index (χ0v) is 11.6. The van der Waals surface area contributed by atoms with Gasteiger partial charge in [-0.3, -0.25) is 0 Å². The van der Waals surface area contributed by atoms with Gasteiger partial charge < -0.3 is 25.3 Å². The largest absolute Gasteiger partial charge is 0.729 e. The summed E-state index contributed by atoms with van der Waals surface area (Å²) in [5.41, 5.74) is 0. The van der Waals surface area contributed by atoms with Crippen LogP contribution >= 0.6 is 22.9 Å². The van der Waals surface area contributed by atoms with Crippen LogP contribution in [-0.4, -0.2) is 107 Å². The molecule has 0 aliphatic rings. The van der Waals surface area contributed by atoms with Crippen molar-refractivity contribution in [2.45, 2.75) is 0 Å². The lowest BCUT2D eigenvalue weighted by atomic mass is 8.50. The number of rotatable bonds is 7. The summed E-state index contributed by atoms with van der Waals surface area (Å²) in [5.74, 6) is 0. The van der Waals surface area contributed by atoms with Crippen LogP contribution in [0.5, 0.6) is 0 Å². The smallest absolute Gasteiger partial charge is 0.124 e. The first-order valence-electron chi connectivity index (χ1n) is 5.54. The molecule has 60 valence electrons. The molecular formula is HB15IN-2. The average Bonchev–Trinajstić information content (AvgIpc) is 2.13. The summed E-state index contributed by atoms with van der Waals surface area (Å²) in [4.78, 5) is 0. The maximum absolute atomic E-state index is 7.74. The van der Waals surface area contributed by atoms with Gasteiger partial charge in [0.25, 0.3) is 0 Å². The molecule has 1 N–H and O–H groups in total. The monoisotopic (exact) mass is 309 g/mol. The third-order valence-corrected chi connectivity index (χ3v) is 3.32. The highest BCUT2D eigenvalue weighted by atomic mass is 127. The van der Waals surface area contributed by atoms with Crippen LogP contribution in [-0.2, 0) is 0 Å². The van der Waals surface area contributed by atoms with Gasteiger partial charge in [0.1, 0.15) is 8.04 Å². The van der Waals surface area contributed by atoms with E-state index in [1.807, 2.05) is 0 Å². The van der Waals surface area contributed by atoms with Crippen molar-refractivity contribution in [2.75, 3.05) is 0 Å². The predicted octanol–water partition coefficient (Wildman–Crippen LogP) is -5.32. The van der Waals surface area contributed by atoms with E-state index in [1.165, 1.54) is 0 Å². The summed E-state index contributed by atoms with van der Waals surface area (Å²) in [6, 6.07) is 0. The van der Waals surface area contributed by atoms with Crippen molar-refractivity contribution in [3.05, 3.63) is 0 Å². The molecule has 0 saturated carbocycles. The standard InChI is InChI=1S/B15HIN/c1-9(2)13(10(3)4)15(17-16)14(11(5)6)12(7)8/h17H/q-2/i/hT. The molecule has 0 amide bonds. The second-order valence-corrected chi connectivity index (χ2v) is 4.61. The van der Waals surface area contributed by atoms with Crippen molar-refractivity contribution < 1.29 is 1.41 Å². The fourth-order valence-corrected chi connectivity index (χ4v) is 2.55. The molecule has 17 heavy (non-hydrogen) atoms. The average molecular weight is 306 g/mol. The molecule has 0 aromatic carbocycles. The molecule has 0 atom stereocenters. The van der Waals surface area contributed by atoms with Gasteiger partial charge in [0, 0.05) is 73.0 Å². The minimum Gasteiger partial charge on any atom is -0.729 e. The lowest BCUT2D eigenvalue weighted by Gasteiger charge is -2.49. The van der Waals surface area contributed by atoms with Crippen LogP contribution in [0, 0.1) is 0 Å². The van der Waals surface area contributed by atoms with Gasteiger partial charge in [-0.15, -0.1) is 0 Å². The molecule has 0 spiro atoms. The second kappa shape index (κ2) is 8.76. The highest BCUT2D eigenvalue weighted by Crippen LogP contribution is 2.01. The van der Waals surface area contributed by atoms with Crippen LogP contribution < -0.4 is 3.43 Å². The van der Waals surface area contributed by atoms with Gasteiger partial charge in [-0.25, -0.2) is 0 Å². The molecule has 0 unspecified atom stereocenters.